The van der Waals surface area contributed by atoms with Crippen LogP contribution in [0.1, 0.15) is 26.7 Å². The van der Waals surface area contributed by atoms with Crippen molar-refractivity contribution in [2.45, 2.75) is 32.7 Å². The smallest absolute Gasteiger partial charge is 0.225 e. The lowest BCUT2D eigenvalue weighted by Gasteiger charge is -2.25. The zero-order chi connectivity index (χ0) is 13.0. The van der Waals surface area contributed by atoms with Gasteiger partial charge in [0, 0.05) is 31.5 Å². The van der Waals surface area contributed by atoms with Gasteiger partial charge in [-0.2, -0.15) is 0 Å². The zero-order valence-electron chi connectivity index (χ0n) is 11.1. The van der Waals surface area contributed by atoms with Crippen molar-refractivity contribution in [2.75, 3.05) is 24.5 Å². The van der Waals surface area contributed by atoms with Gasteiger partial charge in [-0.3, -0.25) is 0 Å². The van der Waals surface area contributed by atoms with Crippen LogP contribution < -0.4 is 10.2 Å². The molecule has 1 fully saturated rings. The predicted octanol–water partition coefficient (Wildman–Crippen LogP) is 2.45. The molecule has 0 aromatic carbocycles. The topological polar surface area (TPSA) is 41.0 Å². The summed E-state index contributed by atoms with van der Waals surface area (Å²) in [6.07, 6.45) is 6.09. The quantitative estimate of drug-likeness (QED) is 0.906. The average Bonchev–Trinajstić information content (AvgIpc) is 2.78. The highest BCUT2D eigenvalue weighted by Gasteiger charge is 2.26. The lowest BCUT2D eigenvalue weighted by atomic mass is 10.2. The van der Waals surface area contributed by atoms with E-state index in [0.717, 1.165) is 30.1 Å². The maximum absolute atomic E-state index is 4.39. The summed E-state index contributed by atoms with van der Waals surface area (Å²) in [5.74, 6) is 1.55. The lowest BCUT2D eigenvalue weighted by Crippen LogP contribution is -2.39. The SMILES string of the molecule is CC(C)CNCC1CCCN1c1ncc(Br)cn1. The molecule has 1 saturated heterocycles. The van der Waals surface area contributed by atoms with Crippen LogP contribution in [0.4, 0.5) is 5.95 Å². The lowest BCUT2D eigenvalue weighted by molar-refractivity contribution is 0.510. The molecule has 1 aliphatic heterocycles. The highest BCUT2D eigenvalue weighted by atomic mass is 79.9. The number of halogens is 1. The maximum atomic E-state index is 4.39. The Bertz CT molecular complexity index is 366. The van der Waals surface area contributed by atoms with Crippen molar-refractivity contribution < 1.29 is 0 Å². The monoisotopic (exact) mass is 312 g/mol. The summed E-state index contributed by atoms with van der Waals surface area (Å²) in [5.41, 5.74) is 0. The molecule has 5 heteroatoms. The van der Waals surface area contributed by atoms with E-state index in [1.165, 1.54) is 12.8 Å². The van der Waals surface area contributed by atoms with Gasteiger partial charge in [0.1, 0.15) is 0 Å². The van der Waals surface area contributed by atoms with E-state index >= 15 is 0 Å². The molecule has 0 spiro atoms. The number of rotatable bonds is 5. The molecule has 0 aliphatic carbocycles. The third-order valence-electron chi connectivity index (χ3n) is 3.17. The first-order chi connectivity index (χ1) is 8.66. The highest BCUT2D eigenvalue weighted by Crippen LogP contribution is 2.22. The van der Waals surface area contributed by atoms with Crippen LogP contribution >= 0.6 is 15.9 Å². The Labute approximate surface area is 117 Å². The summed E-state index contributed by atoms with van der Waals surface area (Å²) in [7, 11) is 0. The molecule has 1 N–H and O–H groups in total. The molecule has 1 atom stereocenters. The molecule has 0 bridgehead atoms. The normalized spacial score (nSPS) is 19.8. The Morgan fingerprint density at radius 1 is 1.44 bits per heavy atom. The summed E-state index contributed by atoms with van der Waals surface area (Å²) in [5, 5.41) is 3.53. The molecule has 100 valence electrons. The van der Waals surface area contributed by atoms with Gasteiger partial charge in [-0.1, -0.05) is 13.8 Å². The van der Waals surface area contributed by atoms with E-state index in [4.69, 9.17) is 0 Å². The third-order valence-corrected chi connectivity index (χ3v) is 3.58. The van der Waals surface area contributed by atoms with Gasteiger partial charge in [-0.15, -0.1) is 0 Å². The Hall–Kier alpha value is -0.680. The van der Waals surface area contributed by atoms with Crippen molar-refractivity contribution in [3.05, 3.63) is 16.9 Å². The van der Waals surface area contributed by atoms with Gasteiger partial charge in [0.2, 0.25) is 5.95 Å². The first-order valence-corrected chi connectivity index (χ1v) is 7.41. The Kier molecular flexibility index (Phi) is 4.95. The van der Waals surface area contributed by atoms with Crippen molar-refractivity contribution in [3.8, 4) is 0 Å². The van der Waals surface area contributed by atoms with Crippen LogP contribution in [0.3, 0.4) is 0 Å². The van der Waals surface area contributed by atoms with Crippen LogP contribution in [0.15, 0.2) is 16.9 Å². The van der Waals surface area contributed by atoms with Gasteiger partial charge in [0.05, 0.1) is 4.47 Å². The van der Waals surface area contributed by atoms with Crippen LogP contribution in [-0.2, 0) is 0 Å². The van der Waals surface area contributed by atoms with Crippen molar-refractivity contribution in [3.63, 3.8) is 0 Å². The summed E-state index contributed by atoms with van der Waals surface area (Å²) >= 11 is 3.37. The molecule has 2 heterocycles. The first kappa shape index (κ1) is 13.7. The number of hydrogen-bond donors (Lipinski definition) is 1. The Morgan fingerprint density at radius 2 is 2.17 bits per heavy atom. The standard InChI is InChI=1S/C13H21BrN4/c1-10(2)6-15-9-12-4-3-5-18(12)13-16-7-11(14)8-17-13/h7-8,10,12,15H,3-6,9H2,1-2H3. The minimum Gasteiger partial charge on any atom is -0.337 e. The maximum Gasteiger partial charge on any atom is 0.225 e. The molecular formula is C13H21BrN4. The predicted molar refractivity (Wildman–Crippen MR) is 77.8 cm³/mol. The van der Waals surface area contributed by atoms with Crippen molar-refractivity contribution >= 4 is 21.9 Å². The van der Waals surface area contributed by atoms with E-state index in [1.807, 2.05) is 12.4 Å². The molecule has 18 heavy (non-hydrogen) atoms. The van der Waals surface area contributed by atoms with E-state index in [0.29, 0.717) is 12.0 Å². The third kappa shape index (κ3) is 3.65. The fourth-order valence-corrected chi connectivity index (χ4v) is 2.51. The van der Waals surface area contributed by atoms with Crippen LogP contribution in [0, 0.1) is 5.92 Å². The average molecular weight is 313 g/mol. The van der Waals surface area contributed by atoms with Crippen molar-refractivity contribution in [1.29, 1.82) is 0 Å². The van der Waals surface area contributed by atoms with E-state index in [1.54, 1.807) is 0 Å². The van der Waals surface area contributed by atoms with Gasteiger partial charge in [0.25, 0.3) is 0 Å². The fourth-order valence-electron chi connectivity index (χ4n) is 2.30. The molecule has 1 aliphatic rings. The largest absolute Gasteiger partial charge is 0.337 e. The first-order valence-electron chi connectivity index (χ1n) is 6.61. The molecule has 2 rings (SSSR count). The second kappa shape index (κ2) is 6.48. The molecule has 1 unspecified atom stereocenters. The van der Waals surface area contributed by atoms with Crippen molar-refractivity contribution in [2.24, 2.45) is 5.92 Å². The van der Waals surface area contributed by atoms with Gasteiger partial charge < -0.3 is 10.2 Å². The zero-order valence-corrected chi connectivity index (χ0v) is 12.7. The summed E-state index contributed by atoms with van der Waals surface area (Å²) in [6.45, 7) is 7.63. The molecular weight excluding hydrogens is 292 g/mol. The minimum atomic E-state index is 0.532. The molecule has 0 radical (unpaired) electrons. The summed E-state index contributed by atoms with van der Waals surface area (Å²) in [4.78, 5) is 11.1. The number of anilines is 1. The number of aromatic nitrogens is 2. The van der Waals surface area contributed by atoms with Crippen LogP contribution in [0.2, 0.25) is 0 Å². The highest BCUT2D eigenvalue weighted by molar-refractivity contribution is 9.10. The summed E-state index contributed by atoms with van der Waals surface area (Å²) < 4.78 is 0.930. The molecule has 1 aromatic heterocycles. The van der Waals surface area contributed by atoms with Gasteiger partial charge in [0.15, 0.2) is 0 Å². The van der Waals surface area contributed by atoms with Crippen LogP contribution in [0.25, 0.3) is 0 Å². The molecule has 0 amide bonds. The van der Waals surface area contributed by atoms with Crippen LogP contribution in [0.5, 0.6) is 0 Å². The van der Waals surface area contributed by atoms with E-state index in [2.05, 4.69) is 50.0 Å². The van der Waals surface area contributed by atoms with Gasteiger partial charge in [-0.05, 0) is 41.2 Å². The number of nitrogens with zero attached hydrogens (tertiary/aromatic N) is 3. The Morgan fingerprint density at radius 3 is 2.83 bits per heavy atom. The molecule has 4 nitrogen and oxygen atoms in total. The van der Waals surface area contributed by atoms with E-state index < -0.39 is 0 Å². The second-order valence-corrected chi connectivity index (χ2v) is 6.16. The summed E-state index contributed by atoms with van der Waals surface area (Å²) in [6, 6.07) is 0.532. The molecule has 0 saturated carbocycles. The van der Waals surface area contributed by atoms with Crippen molar-refractivity contribution in [1.82, 2.24) is 15.3 Å². The van der Waals surface area contributed by atoms with Crippen LogP contribution in [-0.4, -0.2) is 35.6 Å². The van der Waals surface area contributed by atoms with E-state index in [-0.39, 0.29) is 0 Å². The van der Waals surface area contributed by atoms with Gasteiger partial charge in [-0.25, -0.2) is 9.97 Å². The number of nitrogens with one attached hydrogen (secondary N) is 1. The second-order valence-electron chi connectivity index (χ2n) is 5.24. The van der Waals surface area contributed by atoms with E-state index in [9.17, 15) is 0 Å². The van der Waals surface area contributed by atoms with Gasteiger partial charge >= 0.3 is 0 Å². The fraction of sp³-hybridized carbons (Fsp3) is 0.692. The minimum absolute atomic E-state index is 0.532. The molecule has 1 aromatic rings. The Balaban J connectivity index is 1.92. The number of hydrogen-bond acceptors (Lipinski definition) is 4.